The third kappa shape index (κ3) is 3.41. The first kappa shape index (κ1) is 18.3. The van der Waals surface area contributed by atoms with Crippen molar-refractivity contribution in [3.05, 3.63) is 69.0 Å². The van der Waals surface area contributed by atoms with Gasteiger partial charge in [-0.1, -0.05) is 32.0 Å². The van der Waals surface area contributed by atoms with Crippen LogP contribution in [0.4, 0.5) is 5.82 Å². The van der Waals surface area contributed by atoms with Crippen molar-refractivity contribution in [2.75, 3.05) is 5.32 Å². The van der Waals surface area contributed by atoms with E-state index in [0.717, 1.165) is 51.3 Å². The van der Waals surface area contributed by atoms with Gasteiger partial charge in [0, 0.05) is 17.5 Å². The van der Waals surface area contributed by atoms with E-state index in [2.05, 4.69) is 15.5 Å². The van der Waals surface area contributed by atoms with Crippen LogP contribution in [0.5, 0.6) is 0 Å². The molecular weight excluding hydrogens is 370 g/mol. The molecule has 0 bridgehead atoms. The number of para-hydroxylation sites is 1. The first-order valence-electron chi connectivity index (χ1n) is 9.35. The lowest BCUT2D eigenvalue weighted by molar-refractivity contribution is 0.826. The minimum atomic E-state index is -0.154. The number of aryl methyl sites for hydroxylation is 1. The molecule has 0 aliphatic carbocycles. The highest BCUT2D eigenvalue weighted by Crippen LogP contribution is 2.27. The van der Waals surface area contributed by atoms with Crippen LogP contribution in [0.3, 0.4) is 0 Å². The topological polar surface area (TPSA) is 83.6 Å². The zero-order valence-corrected chi connectivity index (χ0v) is 16.6. The van der Waals surface area contributed by atoms with Gasteiger partial charge < -0.3 is 5.32 Å². The summed E-state index contributed by atoms with van der Waals surface area (Å²) in [6, 6.07) is 11.9. The van der Waals surface area contributed by atoms with Crippen molar-refractivity contribution in [1.29, 1.82) is 0 Å². The maximum atomic E-state index is 12.4. The fourth-order valence-electron chi connectivity index (χ4n) is 3.36. The number of benzene rings is 1. The van der Waals surface area contributed by atoms with E-state index in [-0.39, 0.29) is 5.56 Å². The Morgan fingerprint density at radius 1 is 1.04 bits per heavy atom. The summed E-state index contributed by atoms with van der Waals surface area (Å²) in [7, 11) is 0. The second-order valence-corrected chi connectivity index (χ2v) is 7.36. The van der Waals surface area contributed by atoms with Gasteiger partial charge in [-0.15, -0.1) is 11.3 Å². The van der Waals surface area contributed by atoms with Crippen LogP contribution in [0.15, 0.2) is 46.6 Å². The maximum Gasteiger partial charge on any atom is 0.269 e. The predicted octanol–water partition coefficient (Wildman–Crippen LogP) is 4.18. The van der Waals surface area contributed by atoms with E-state index in [4.69, 9.17) is 9.97 Å². The Labute approximate surface area is 166 Å². The quantitative estimate of drug-likeness (QED) is 0.515. The van der Waals surface area contributed by atoms with Crippen molar-refractivity contribution in [2.24, 2.45) is 0 Å². The standard InChI is InChI=1S/C21H21N5OS/c1-3-13-15(21(27)26-25-16(13)4-2)12-22-19-14-8-5-6-9-17(14)23-20(24-19)18-10-7-11-28-18/h5-11H,3-4,12H2,1-2H3,(H,26,27)(H,22,23,24). The monoisotopic (exact) mass is 391 g/mol. The van der Waals surface area contributed by atoms with Gasteiger partial charge in [0.15, 0.2) is 5.82 Å². The van der Waals surface area contributed by atoms with Crippen molar-refractivity contribution in [3.8, 4) is 10.7 Å². The van der Waals surface area contributed by atoms with E-state index >= 15 is 0 Å². The number of rotatable bonds is 6. The molecule has 4 rings (SSSR count). The van der Waals surface area contributed by atoms with Gasteiger partial charge in [-0.2, -0.15) is 5.10 Å². The molecule has 0 atom stereocenters. The molecular formula is C21H21N5OS. The summed E-state index contributed by atoms with van der Waals surface area (Å²) in [5.41, 5.74) is 3.38. The highest BCUT2D eigenvalue weighted by Gasteiger charge is 2.14. The molecule has 0 saturated heterocycles. The van der Waals surface area contributed by atoms with Gasteiger partial charge in [-0.05, 0) is 42.0 Å². The molecule has 3 heterocycles. The van der Waals surface area contributed by atoms with Crippen molar-refractivity contribution >= 4 is 28.1 Å². The summed E-state index contributed by atoms with van der Waals surface area (Å²) in [5.74, 6) is 1.41. The number of hydrogen-bond acceptors (Lipinski definition) is 6. The molecule has 0 aliphatic heterocycles. The lowest BCUT2D eigenvalue weighted by atomic mass is 10.0. The average Bonchev–Trinajstić information content (AvgIpc) is 3.27. The third-order valence-electron chi connectivity index (χ3n) is 4.74. The number of hydrogen-bond donors (Lipinski definition) is 2. The number of nitrogens with zero attached hydrogens (tertiary/aromatic N) is 3. The molecule has 4 aromatic rings. The number of thiophene rings is 1. The van der Waals surface area contributed by atoms with Crippen LogP contribution in [-0.2, 0) is 19.4 Å². The molecule has 28 heavy (non-hydrogen) atoms. The van der Waals surface area contributed by atoms with E-state index in [1.807, 2.05) is 55.6 Å². The van der Waals surface area contributed by atoms with Gasteiger partial charge in [-0.3, -0.25) is 4.79 Å². The van der Waals surface area contributed by atoms with Crippen LogP contribution in [0.1, 0.15) is 30.7 Å². The highest BCUT2D eigenvalue weighted by atomic mass is 32.1. The SMILES string of the molecule is CCc1n[nH]c(=O)c(CNc2nc(-c3cccs3)nc3ccccc23)c1CC. The number of aromatic nitrogens is 4. The fraction of sp³-hybridized carbons (Fsp3) is 0.238. The summed E-state index contributed by atoms with van der Waals surface area (Å²) < 4.78 is 0. The first-order valence-corrected chi connectivity index (χ1v) is 10.2. The van der Waals surface area contributed by atoms with Crippen LogP contribution in [0.2, 0.25) is 0 Å². The minimum absolute atomic E-state index is 0.154. The molecule has 0 radical (unpaired) electrons. The Balaban J connectivity index is 1.76. The number of fused-ring (bicyclic) bond motifs is 1. The Hall–Kier alpha value is -3.06. The van der Waals surface area contributed by atoms with Crippen LogP contribution in [0, 0.1) is 0 Å². The molecule has 2 N–H and O–H groups in total. The molecule has 0 fully saturated rings. The molecule has 0 unspecified atom stereocenters. The number of aromatic amines is 1. The van der Waals surface area contributed by atoms with Gasteiger partial charge in [-0.25, -0.2) is 15.1 Å². The number of H-pyrrole nitrogens is 1. The van der Waals surface area contributed by atoms with E-state index in [1.165, 1.54) is 0 Å². The zero-order chi connectivity index (χ0) is 19.5. The van der Waals surface area contributed by atoms with Crippen molar-refractivity contribution in [3.63, 3.8) is 0 Å². The van der Waals surface area contributed by atoms with Gasteiger partial charge in [0.25, 0.3) is 5.56 Å². The highest BCUT2D eigenvalue weighted by molar-refractivity contribution is 7.13. The third-order valence-corrected chi connectivity index (χ3v) is 5.61. The fourth-order valence-corrected chi connectivity index (χ4v) is 4.02. The van der Waals surface area contributed by atoms with E-state index in [1.54, 1.807) is 11.3 Å². The molecule has 0 amide bonds. The summed E-state index contributed by atoms with van der Waals surface area (Å²) in [5, 5.41) is 13.1. The largest absolute Gasteiger partial charge is 0.365 e. The van der Waals surface area contributed by atoms with Crippen molar-refractivity contribution in [1.82, 2.24) is 20.2 Å². The first-order chi connectivity index (χ1) is 13.7. The van der Waals surface area contributed by atoms with Crippen molar-refractivity contribution in [2.45, 2.75) is 33.2 Å². The lowest BCUT2D eigenvalue weighted by Gasteiger charge is -2.13. The number of nitrogens with one attached hydrogen (secondary N) is 2. The van der Waals surface area contributed by atoms with Crippen LogP contribution >= 0.6 is 11.3 Å². The average molecular weight is 392 g/mol. The lowest BCUT2D eigenvalue weighted by Crippen LogP contribution is -2.22. The van der Waals surface area contributed by atoms with Gasteiger partial charge in [0.05, 0.1) is 16.1 Å². The zero-order valence-electron chi connectivity index (χ0n) is 15.8. The summed E-state index contributed by atoms with van der Waals surface area (Å²) in [6.07, 6.45) is 1.55. The van der Waals surface area contributed by atoms with Gasteiger partial charge in [0.1, 0.15) is 5.82 Å². The van der Waals surface area contributed by atoms with Crippen LogP contribution in [0.25, 0.3) is 21.6 Å². The summed E-state index contributed by atoms with van der Waals surface area (Å²) >= 11 is 1.61. The molecule has 142 valence electrons. The van der Waals surface area contributed by atoms with Crippen LogP contribution in [-0.4, -0.2) is 20.2 Å². The van der Waals surface area contributed by atoms with Gasteiger partial charge >= 0.3 is 0 Å². The summed E-state index contributed by atoms with van der Waals surface area (Å²) in [4.78, 5) is 22.9. The summed E-state index contributed by atoms with van der Waals surface area (Å²) in [6.45, 7) is 4.48. The van der Waals surface area contributed by atoms with E-state index in [9.17, 15) is 4.79 Å². The Bertz CT molecular complexity index is 1170. The van der Waals surface area contributed by atoms with Crippen LogP contribution < -0.4 is 10.9 Å². The molecule has 0 spiro atoms. The molecule has 1 aromatic carbocycles. The molecule has 7 heteroatoms. The predicted molar refractivity (Wildman–Crippen MR) is 114 cm³/mol. The van der Waals surface area contributed by atoms with Crippen molar-refractivity contribution < 1.29 is 0 Å². The normalized spacial score (nSPS) is 11.1. The Morgan fingerprint density at radius 3 is 2.64 bits per heavy atom. The molecule has 0 saturated carbocycles. The van der Waals surface area contributed by atoms with E-state index in [0.29, 0.717) is 12.4 Å². The smallest absolute Gasteiger partial charge is 0.269 e. The second-order valence-electron chi connectivity index (χ2n) is 6.41. The van der Waals surface area contributed by atoms with E-state index < -0.39 is 0 Å². The number of anilines is 1. The maximum absolute atomic E-state index is 12.4. The Morgan fingerprint density at radius 2 is 1.89 bits per heavy atom. The Kier molecular flexibility index (Phi) is 5.16. The second kappa shape index (κ2) is 7.90. The van der Waals surface area contributed by atoms with Gasteiger partial charge in [0.2, 0.25) is 0 Å². The molecule has 0 aliphatic rings. The molecule has 6 nitrogen and oxygen atoms in total. The minimum Gasteiger partial charge on any atom is -0.365 e. The molecule has 3 aromatic heterocycles.